The predicted molar refractivity (Wildman–Crippen MR) is 136 cm³/mol. The summed E-state index contributed by atoms with van der Waals surface area (Å²) >= 11 is 0. The molecule has 0 bridgehead atoms. The lowest BCUT2D eigenvalue weighted by atomic mass is 10.1. The first-order valence-electron chi connectivity index (χ1n) is 11.3. The Morgan fingerprint density at radius 2 is 1.71 bits per heavy atom. The van der Waals surface area contributed by atoms with Crippen LogP contribution >= 0.6 is 0 Å². The molecule has 0 fully saturated rings. The summed E-state index contributed by atoms with van der Waals surface area (Å²) in [5.41, 5.74) is 9.87. The van der Waals surface area contributed by atoms with Crippen molar-refractivity contribution in [2.75, 3.05) is 17.6 Å². The van der Waals surface area contributed by atoms with E-state index in [0.717, 1.165) is 16.7 Å². The lowest BCUT2D eigenvalue weighted by molar-refractivity contribution is 0.0752. The van der Waals surface area contributed by atoms with Crippen molar-refractivity contribution < 1.29 is 15.0 Å². The monoisotopic (exact) mass is 469 g/mol. The van der Waals surface area contributed by atoms with Gasteiger partial charge in [-0.2, -0.15) is 0 Å². The molecule has 3 aromatic carbocycles. The molecule has 0 aliphatic rings. The normalized spacial score (nSPS) is 10.7. The predicted octanol–water partition coefficient (Wildman–Crippen LogP) is 4.41. The number of aromatic nitrogens is 2. The van der Waals surface area contributed by atoms with Gasteiger partial charge in [-0.05, 0) is 42.3 Å². The third-order valence-corrected chi connectivity index (χ3v) is 5.58. The van der Waals surface area contributed by atoms with Crippen LogP contribution in [-0.4, -0.2) is 37.5 Å². The van der Waals surface area contributed by atoms with Crippen molar-refractivity contribution in [2.24, 2.45) is 0 Å². The first-order valence-corrected chi connectivity index (χ1v) is 11.3. The van der Waals surface area contributed by atoms with Crippen LogP contribution in [0.15, 0.2) is 79.0 Å². The molecule has 0 saturated heterocycles. The van der Waals surface area contributed by atoms with Gasteiger partial charge in [-0.15, -0.1) is 0 Å². The van der Waals surface area contributed by atoms with Crippen molar-refractivity contribution >= 4 is 17.5 Å². The molecule has 4 aromatic rings. The highest BCUT2D eigenvalue weighted by Crippen LogP contribution is 2.27. The van der Waals surface area contributed by atoms with Gasteiger partial charge in [0.1, 0.15) is 0 Å². The third kappa shape index (κ3) is 5.67. The minimum atomic E-state index is -0.202. The molecule has 35 heavy (non-hydrogen) atoms. The lowest BCUT2D eigenvalue weighted by Crippen LogP contribution is -2.31. The van der Waals surface area contributed by atoms with Crippen LogP contribution in [0.3, 0.4) is 0 Å². The quantitative estimate of drug-likeness (QED) is 0.222. The molecule has 8 heteroatoms. The van der Waals surface area contributed by atoms with Crippen LogP contribution in [0.5, 0.6) is 11.5 Å². The molecule has 5 N–H and O–H groups in total. The number of nitrogens with one attached hydrogen (secondary N) is 1. The average Bonchev–Trinajstić information content (AvgIpc) is 2.88. The number of benzene rings is 3. The van der Waals surface area contributed by atoms with Crippen molar-refractivity contribution in [3.63, 3.8) is 0 Å². The van der Waals surface area contributed by atoms with Gasteiger partial charge in [-0.1, -0.05) is 48.5 Å². The summed E-state index contributed by atoms with van der Waals surface area (Å²) in [6.45, 7) is 3.26. The standard InChI is InChI=1S/C27H27N5O3/c1-2-32(17-18-6-4-3-5-7-18)26(35)22-16-30-27(29-15-19-8-13-23(33)24(34)14-19)31-25(22)20-9-11-21(28)12-10-20/h3-14,16,33-34H,2,15,17,28H2,1H3,(H,29,30,31). The second kappa shape index (κ2) is 10.6. The highest BCUT2D eigenvalue weighted by Gasteiger charge is 2.21. The number of hydrogen-bond donors (Lipinski definition) is 4. The molecule has 0 saturated carbocycles. The number of aromatic hydroxyl groups is 2. The zero-order chi connectivity index (χ0) is 24.8. The van der Waals surface area contributed by atoms with E-state index in [-0.39, 0.29) is 17.4 Å². The summed E-state index contributed by atoms with van der Waals surface area (Å²) in [6.07, 6.45) is 1.53. The van der Waals surface area contributed by atoms with Gasteiger partial charge in [-0.25, -0.2) is 9.97 Å². The molecular formula is C27H27N5O3. The van der Waals surface area contributed by atoms with E-state index >= 15 is 0 Å². The molecule has 0 aliphatic heterocycles. The number of phenols is 2. The smallest absolute Gasteiger partial charge is 0.257 e. The zero-order valence-electron chi connectivity index (χ0n) is 19.3. The number of carbonyl (C=O) groups excluding carboxylic acids is 1. The summed E-state index contributed by atoms with van der Waals surface area (Å²) in [5, 5.41) is 22.4. The van der Waals surface area contributed by atoms with Crippen LogP contribution < -0.4 is 11.1 Å². The minimum Gasteiger partial charge on any atom is -0.504 e. The Balaban J connectivity index is 1.64. The highest BCUT2D eigenvalue weighted by atomic mass is 16.3. The summed E-state index contributed by atoms with van der Waals surface area (Å²) in [5.74, 6) is -0.230. The molecule has 0 radical (unpaired) electrons. The van der Waals surface area contributed by atoms with Gasteiger partial charge in [0.15, 0.2) is 11.5 Å². The summed E-state index contributed by atoms with van der Waals surface area (Å²) in [6, 6.07) is 21.6. The maximum atomic E-state index is 13.6. The second-order valence-corrected chi connectivity index (χ2v) is 8.06. The SMILES string of the molecule is CCN(Cc1ccccc1)C(=O)c1cnc(NCc2ccc(O)c(O)c2)nc1-c1ccc(N)cc1. The Morgan fingerprint density at radius 1 is 0.971 bits per heavy atom. The third-order valence-electron chi connectivity index (χ3n) is 5.58. The average molecular weight is 470 g/mol. The molecule has 1 heterocycles. The van der Waals surface area contributed by atoms with Crippen molar-refractivity contribution in [1.82, 2.24) is 14.9 Å². The van der Waals surface area contributed by atoms with E-state index in [9.17, 15) is 15.0 Å². The maximum Gasteiger partial charge on any atom is 0.257 e. The van der Waals surface area contributed by atoms with E-state index in [1.165, 1.54) is 18.3 Å². The fourth-order valence-corrected chi connectivity index (χ4v) is 3.65. The lowest BCUT2D eigenvalue weighted by Gasteiger charge is -2.22. The largest absolute Gasteiger partial charge is 0.504 e. The van der Waals surface area contributed by atoms with Gasteiger partial charge < -0.3 is 26.2 Å². The number of amides is 1. The van der Waals surface area contributed by atoms with Crippen LogP contribution in [0.2, 0.25) is 0 Å². The topological polar surface area (TPSA) is 125 Å². The summed E-state index contributed by atoms with van der Waals surface area (Å²) in [7, 11) is 0. The van der Waals surface area contributed by atoms with Gasteiger partial charge in [0.2, 0.25) is 5.95 Å². The highest BCUT2D eigenvalue weighted by molar-refractivity contribution is 5.99. The van der Waals surface area contributed by atoms with Gasteiger partial charge in [0.25, 0.3) is 5.91 Å². The molecular weight excluding hydrogens is 442 g/mol. The Kier molecular flexibility index (Phi) is 7.11. The van der Waals surface area contributed by atoms with Crippen LogP contribution in [-0.2, 0) is 13.1 Å². The van der Waals surface area contributed by atoms with Crippen LogP contribution in [0, 0.1) is 0 Å². The van der Waals surface area contributed by atoms with Gasteiger partial charge >= 0.3 is 0 Å². The Labute approximate surface area is 203 Å². The Bertz CT molecular complexity index is 1310. The number of nitrogen functional groups attached to an aromatic ring is 1. The van der Waals surface area contributed by atoms with Crippen molar-refractivity contribution in [3.8, 4) is 22.8 Å². The first kappa shape index (κ1) is 23.6. The minimum absolute atomic E-state index is 0.168. The number of anilines is 2. The Morgan fingerprint density at radius 3 is 2.40 bits per heavy atom. The van der Waals surface area contributed by atoms with Crippen molar-refractivity contribution in [2.45, 2.75) is 20.0 Å². The van der Waals surface area contributed by atoms with Gasteiger partial charge in [-0.3, -0.25) is 4.79 Å². The fraction of sp³-hybridized carbons (Fsp3) is 0.148. The molecule has 0 unspecified atom stereocenters. The van der Waals surface area contributed by atoms with E-state index in [1.807, 2.05) is 49.4 Å². The number of nitrogens with zero attached hydrogens (tertiary/aromatic N) is 3. The first-order chi connectivity index (χ1) is 16.9. The van der Waals surface area contributed by atoms with E-state index in [4.69, 9.17) is 5.73 Å². The maximum absolute atomic E-state index is 13.6. The number of rotatable bonds is 8. The molecule has 1 amide bonds. The molecule has 4 rings (SSSR count). The summed E-state index contributed by atoms with van der Waals surface area (Å²) < 4.78 is 0. The van der Waals surface area contributed by atoms with Crippen molar-refractivity contribution in [3.05, 3.63) is 95.7 Å². The van der Waals surface area contributed by atoms with Crippen LogP contribution in [0.25, 0.3) is 11.3 Å². The molecule has 0 spiro atoms. The molecule has 1 aromatic heterocycles. The number of hydrogen-bond acceptors (Lipinski definition) is 7. The van der Waals surface area contributed by atoms with Crippen LogP contribution in [0.1, 0.15) is 28.4 Å². The van der Waals surface area contributed by atoms with Crippen molar-refractivity contribution in [1.29, 1.82) is 0 Å². The molecule has 178 valence electrons. The number of phenolic OH excluding ortho intramolecular Hbond substituents is 2. The number of carbonyl (C=O) groups is 1. The molecule has 0 aliphatic carbocycles. The van der Waals surface area contributed by atoms with Gasteiger partial charge in [0.05, 0.1) is 11.3 Å². The summed E-state index contributed by atoms with van der Waals surface area (Å²) in [4.78, 5) is 24.3. The van der Waals surface area contributed by atoms with E-state index in [1.54, 1.807) is 23.1 Å². The second-order valence-electron chi connectivity index (χ2n) is 8.06. The van der Waals surface area contributed by atoms with Gasteiger partial charge in [0, 0.05) is 37.1 Å². The van der Waals surface area contributed by atoms with E-state index < -0.39 is 0 Å². The van der Waals surface area contributed by atoms with E-state index in [0.29, 0.717) is 42.5 Å². The van der Waals surface area contributed by atoms with Crippen LogP contribution in [0.4, 0.5) is 11.6 Å². The molecule has 8 nitrogen and oxygen atoms in total. The van der Waals surface area contributed by atoms with E-state index in [2.05, 4.69) is 15.3 Å². The fourth-order valence-electron chi connectivity index (χ4n) is 3.65. The molecule has 0 atom stereocenters. The zero-order valence-corrected chi connectivity index (χ0v) is 19.3. The Hall–Kier alpha value is -4.59. The number of nitrogens with two attached hydrogens (primary N) is 1.